The number of aromatic nitrogens is 2. The Bertz CT molecular complexity index is 559. The second kappa shape index (κ2) is 6.68. The molecule has 0 aromatic carbocycles. The minimum absolute atomic E-state index is 0.0729. The average Bonchev–Trinajstić information content (AvgIpc) is 2.84. The summed E-state index contributed by atoms with van der Waals surface area (Å²) in [6, 6.07) is 0.290. The van der Waals surface area contributed by atoms with E-state index in [0.29, 0.717) is 18.7 Å². The molecule has 21 heavy (non-hydrogen) atoms. The van der Waals surface area contributed by atoms with Crippen LogP contribution in [0.1, 0.15) is 38.7 Å². The molecule has 2 rings (SSSR count). The molecular weight excluding hydrogens is 308 g/mol. The largest absolute Gasteiger partial charge is 0.310 e. The van der Waals surface area contributed by atoms with Crippen LogP contribution in [0.15, 0.2) is 11.2 Å². The number of thioether (sulfide) groups is 1. The van der Waals surface area contributed by atoms with E-state index in [1.165, 1.54) is 6.42 Å². The average molecular weight is 332 g/mol. The molecule has 1 aliphatic rings. The fourth-order valence-corrected chi connectivity index (χ4v) is 4.55. The molecule has 0 spiro atoms. The van der Waals surface area contributed by atoms with Gasteiger partial charge in [-0.05, 0) is 19.1 Å². The molecule has 8 heteroatoms. The Morgan fingerprint density at radius 3 is 2.71 bits per heavy atom. The Balaban J connectivity index is 2.04. The van der Waals surface area contributed by atoms with Crippen LogP contribution in [0, 0.1) is 0 Å². The quantitative estimate of drug-likeness (QED) is 0.671. The molecule has 0 radical (unpaired) electrons. The van der Waals surface area contributed by atoms with Crippen LogP contribution in [0.5, 0.6) is 0 Å². The number of H-pyrrole nitrogens is 1. The molecule has 1 heterocycles. The third kappa shape index (κ3) is 4.00. The smallest absolute Gasteiger partial charge is 0.257 e. The van der Waals surface area contributed by atoms with Crippen LogP contribution in [0.4, 0.5) is 0 Å². The molecule has 0 bridgehead atoms. The number of sulfonamides is 1. The molecule has 0 unspecified atom stereocenters. The van der Waals surface area contributed by atoms with Gasteiger partial charge in [-0.25, -0.2) is 13.1 Å². The molecule has 6 nitrogen and oxygen atoms in total. The van der Waals surface area contributed by atoms with Gasteiger partial charge in [0.2, 0.25) is 0 Å². The zero-order chi connectivity index (χ0) is 15.5. The highest BCUT2D eigenvalue weighted by Gasteiger charge is 2.37. The molecule has 1 aromatic heterocycles. The summed E-state index contributed by atoms with van der Waals surface area (Å²) < 4.78 is 27.7. The van der Waals surface area contributed by atoms with Gasteiger partial charge in [0.05, 0.1) is 6.20 Å². The van der Waals surface area contributed by atoms with E-state index in [9.17, 15) is 8.42 Å². The topological polar surface area (TPSA) is 86.9 Å². The third-order valence-corrected chi connectivity index (χ3v) is 6.76. The number of hydrogen-bond acceptors (Lipinski definition) is 5. The van der Waals surface area contributed by atoms with E-state index in [-0.39, 0.29) is 15.8 Å². The molecule has 0 atom stereocenters. The Hall–Kier alpha value is -0.570. The van der Waals surface area contributed by atoms with Gasteiger partial charge in [0.25, 0.3) is 10.0 Å². The van der Waals surface area contributed by atoms with Crippen molar-refractivity contribution >= 4 is 21.8 Å². The summed E-state index contributed by atoms with van der Waals surface area (Å²) in [6.45, 7) is 5.00. The number of nitrogens with zero attached hydrogens (tertiary/aromatic N) is 1. The van der Waals surface area contributed by atoms with Crippen LogP contribution in [0.3, 0.4) is 0 Å². The van der Waals surface area contributed by atoms with Gasteiger partial charge in [-0.2, -0.15) is 16.9 Å². The fraction of sp³-hybridized carbons (Fsp3) is 0.769. The maximum absolute atomic E-state index is 12.4. The maximum atomic E-state index is 12.4. The first-order valence-electron chi connectivity index (χ1n) is 7.19. The summed E-state index contributed by atoms with van der Waals surface area (Å²) in [5.74, 6) is 0. The Morgan fingerprint density at radius 2 is 2.19 bits per heavy atom. The summed E-state index contributed by atoms with van der Waals surface area (Å²) in [5.41, 5.74) is 0.669. The van der Waals surface area contributed by atoms with Crippen molar-refractivity contribution in [1.29, 1.82) is 0 Å². The van der Waals surface area contributed by atoms with Crippen LogP contribution >= 0.6 is 11.8 Å². The lowest BCUT2D eigenvalue weighted by Gasteiger charge is -2.40. The Kier molecular flexibility index (Phi) is 5.34. The SMILES string of the molecule is CSC1(CNS(=O)(=O)c2[nH]ncc2CNC(C)C)CCC1. The standard InChI is InChI=1S/C13H24N4O2S2/c1-10(2)14-7-11-8-15-17-12(11)21(18,19)16-9-13(20-3)5-4-6-13/h8,10,14,16H,4-7,9H2,1-3H3,(H,15,17). The molecule has 1 aromatic rings. The van der Waals surface area contributed by atoms with Crippen molar-refractivity contribution < 1.29 is 8.42 Å². The van der Waals surface area contributed by atoms with Crippen molar-refractivity contribution in [2.24, 2.45) is 0 Å². The van der Waals surface area contributed by atoms with Crippen LogP contribution in [-0.2, 0) is 16.6 Å². The number of hydrogen-bond donors (Lipinski definition) is 3. The van der Waals surface area contributed by atoms with E-state index in [1.807, 2.05) is 20.1 Å². The van der Waals surface area contributed by atoms with Gasteiger partial charge in [0.15, 0.2) is 5.03 Å². The number of rotatable bonds is 8. The Morgan fingerprint density at radius 1 is 1.48 bits per heavy atom. The van der Waals surface area contributed by atoms with E-state index in [4.69, 9.17) is 0 Å². The molecule has 0 amide bonds. The van der Waals surface area contributed by atoms with Crippen LogP contribution in [-0.4, -0.2) is 42.2 Å². The summed E-state index contributed by atoms with van der Waals surface area (Å²) in [5, 5.41) is 9.87. The van der Waals surface area contributed by atoms with Crippen molar-refractivity contribution in [2.45, 2.75) is 55.5 Å². The van der Waals surface area contributed by atoms with Crippen molar-refractivity contribution in [2.75, 3.05) is 12.8 Å². The molecule has 1 saturated carbocycles. The second-order valence-corrected chi connectivity index (χ2v) is 8.80. The zero-order valence-electron chi connectivity index (χ0n) is 12.8. The van der Waals surface area contributed by atoms with Gasteiger partial charge in [-0.15, -0.1) is 0 Å². The number of aromatic amines is 1. The molecule has 3 N–H and O–H groups in total. The van der Waals surface area contributed by atoms with Gasteiger partial charge >= 0.3 is 0 Å². The highest BCUT2D eigenvalue weighted by Crippen LogP contribution is 2.42. The molecule has 1 fully saturated rings. The Labute approximate surface area is 130 Å². The summed E-state index contributed by atoms with van der Waals surface area (Å²) in [6.07, 6.45) is 6.93. The highest BCUT2D eigenvalue weighted by atomic mass is 32.2. The normalized spacial score (nSPS) is 17.9. The van der Waals surface area contributed by atoms with E-state index in [2.05, 4.69) is 20.2 Å². The van der Waals surface area contributed by atoms with Gasteiger partial charge < -0.3 is 5.32 Å². The lowest BCUT2D eigenvalue weighted by molar-refractivity contribution is 0.361. The second-order valence-electron chi connectivity index (χ2n) is 5.83. The number of nitrogens with one attached hydrogen (secondary N) is 3. The van der Waals surface area contributed by atoms with Gasteiger partial charge in [-0.3, -0.25) is 5.10 Å². The first-order valence-corrected chi connectivity index (χ1v) is 9.90. The predicted octanol–water partition coefficient (Wildman–Crippen LogP) is 1.47. The van der Waals surface area contributed by atoms with E-state index < -0.39 is 10.0 Å². The lowest BCUT2D eigenvalue weighted by Crippen LogP contribution is -2.45. The van der Waals surface area contributed by atoms with E-state index in [0.717, 1.165) is 12.8 Å². The molecule has 0 saturated heterocycles. The van der Waals surface area contributed by atoms with Gasteiger partial charge in [0.1, 0.15) is 0 Å². The zero-order valence-corrected chi connectivity index (χ0v) is 14.4. The summed E-state index contributed by atoms with van der Waals surface area (Å²) in [4.78, 5) is 0. The van der Waals surface area contributed by atoms with Crippen molar-refractivity contribution in [1.82, 2.24) is 20.2 Å². The van der Waals surface area contributed by atoms with Crippen LogP contribution in [0.2, 0.25) is 0 Å². The lowest BCUT2D eigenvalue weighted by atomic mass is 9.84. The predicted molar refractivity (Wildman–Crippen MR) is 85.8 cm³/mol. The minimum atomic E-state index is -3.54. The highest BCUT2D eigenvalue weighted by molar-refractivity contribution is 8.00. The van der Waals surface area contributed by atoms with E-state index in [1.54, 1.807) is 18.0 Å². The first kappa shape index (κ1) is 16.8. The van der Waals surface area contributed by atoms with Crippen molar-refractivity contribution in [3.05, 3.63) is 11.8 Å². The summed E-state index contributed by atoms with van der Waals surface area (Å²) in [7, 11) is -3.54. The molecule has 120 valence electrons. The van der Waals surface area contributed by atoms with Crippen molar-refractivity contribution in [3.63, 3.8) is 0 Å². The van der Waals surface area contributed by atoms with Crippen LogP contribution < -0.4 is 10.0 Å². The maximum Gasteiger partial charge on any atom is 0.257 e. The van der Waals surface area contributed by atoms with Crippen molar-refractivity contribution in [3.8, 4) is 0 Å². The third-order valence-electron chi connectivity index (χ3n) is 3.93. The van der Waals surface area contributed by atoms with E-state index >= 15 is 0 Å². The summed E-state index contributed by atoms with van der Waals surface area (Å²) >= 11 is 1.75. The fourth-order valence-electron chi connectivity index (χ4n) is 2.29. The van der Waals surface area contributed by atoms with Gasteiger partial charge in [0, 0.05) is 29.4 Å². The molecular formula is C13H24N4O2S2. The molecule has 0 aliphatic heterocycles. The van der Waals surface area contributed by atoms with Gasteiger partial charge in [-0.1, -0.05) is 20.3 Å². The van der Waals surface area contributed by atoms with Crippen LogP contribution in [0.25, 0.3) is 0 Å². The first-order chi connectivity index (χ1) is 9.88. The minimum Gasteiger partial charge on any atom is -0.310 e. The molecule has 1 aliphatic carbocycles. The monoisotopic (exact) mass is 332 g/mol.